The molecule has 16 heavy (non-hydrogen) atoms. The predicted molar refractivity (Wildman–Crippen MR) is 53.3 cm³/mol. The minimum Gasteiger partial charge on any atom is -0.481 e. The molecule has 0 radical (unpaired) electrons. The van der Waals surface area contributed by atoms with Crippen LogP contribution >= 0.6 is 0 Å². The Hall–Kier alpha value is -1.23. The number of aliphatic carboxylic acids is 2. The molecule has 0 aromatic heterocycles. The summed E-state index contributed by atoms with van der Waals surface area (Å²) in [5.74, 6) is -2.85. The Morgan fingerprint density at radius 3 is 1.75 bits per heavy atom. The van der Waals surface area contributed by atoms with E-state index in [2.05, 4.69) is 0 Å². The van der Waals surface area contributed by atoms with E-state index >= 15 is 0 Å². The molecule has 96 valence electrons. The third-order valence-corrected chi connectivity index (χ3v) is 1.84. The first-order valence-electron chi connectivity index (χ1n) is 3.95. The van der Waals surface area contributed by atoms with Gasteiger partial charge in [-0.05, 0) is 0 Å². The van der Waals surface area contributed by atoms with Crippen molar-refractivity contribution in [3.05, 3.63) is 0 Å². The first-order chi connectivity index (χ1) is 7.10. The van der Waals surface area contributed by atoms with Gasteiger partial charge in [-0.2, -0.15) is 8.42 Å². The maximum Gasteiger partial charge on any atom is 0.321 e. The summed E-state index contributed by atoms with van der Waals surface area (Å²) in [7, 11) is -3.80. The number of carbonyl (C=O) groups is 2. The zero-order valence-electron chi connectivity index (χ0n) is 8.24. The van der Waals surface area contributed by atoms with Gasteiger partial charge in [0.25, 0.3) is 10.1 Å². The Bertz CT molecular complexity index is 326. The van der Waals surface area contributed by atoms with Crippen LogP contribution in [0.4, 0.5) is 0 Å². The normalized spacial score (nSPS) is 12.2. The lowest BCUT2D eigenvalue weighted by molar-refractivity contribution is -0.144. The van der Waals surface area contributed by atoms with Crippen LogP contribution in [0.3, 0.4) is 0 Å². The SMILES string of the molecule is NC(CC(=O)O)C(=O)O.NCCS(=O)(=O)O. The van der Waals surface area contributed by atoms with E-state index in [-0.39, 0.29) is 12.3 Å². The van der Waals surface area contributed by atoms with Crippen molar-refractivity contribution in [3.8, 4) is 0 Å². The second-order valence-corrected chi connectivity index (χ2v) is 4.19. The van der Waals surface area contributed by atoms with Crippen molar-refractivity contribution in [2.45, 2.75) is 12.5 Å². The lowest BCUT2D eigenvalue weighted by Gasteiger charge is -1.99. The number of hydrogen-bond acceptors (Lipinski definition) is 6. The molecule has 0 saturated heterocycles. The summed E-state index contributed by atoms with van der Waals surface area (Å²) in [4.78, 5) is 19.6. The molecular formula is C6H14N2O7S. The quantitative estimate of drug-likeness (QED) is 0.339. The number of rotatable bonds is 5. The van der Waals surface area contributed by atoms with Crippen LogP contribution in [0, 0.1) is 0 Å². The van der Waals surface area contributed by atoms with Crippen molar-refractivity contribution in [1.29, 1.82) is 0 Å². The molecule has 10 heteroatoms. The summed E-state index contributed by atoms with van der Waals surface area (Å²) >= 11 is 0. The summed E-state index contributed by atoms with van der Waals surface area (Å²) < 4.78 is 27.3. The summed E-state index contributed by atoms with van der Waals surface area (Å²) in [6.45, 7) is -0.0289. The highest BCUT2D eigenvalue weighted by Gasteiger charge is 2.14. The van der Waals surface area contributed by atoms with Crippen LogP contribution in [0.1, 0.15) is 6.42 Å². The van der Waals surface area contributed by atoms with Crippen molar-refractivity contribution >= 4 is 22.1 Å². The smallest absolute Gasteiger partial charge is 0.321 e. The van der Waals surface area contributed by atoms with Gasteiger partial charge < -0.3 is 21.7 Å². The Labute approximate surface area is 91.8 Å². The maximum atomic E-state index is 9.85. The van der Waals surface area contributed by atoms with Crippen LogP contribution in [-0.2, 0) is 19.7 Å². The zero-order chi connectivity index (χ0) is 13.4. The topological polar surface area (TPSA) is 181 Å². The van der Waals surface area contributed by atoms with Gasteiger partial charge in [0.05, 0.1) is 12.2 Å². The van der Waals surface area contributed by atoms with Gasteiger partial charge in [-0.15, -0.1) is 0 Å². The lowest BCUT2D eigenvalue weighted by atomic mass is 10.2. The third-order valence-electron chi connectivity index (χ3n) is 1.09. The average molecular weight is 258 g/mol. The van der Waals surface area contributed by atoms with E-state index in [1.54, 1.807) is 0 Å². The summed E-state index contributed by atoms with van der Waals surface area (Å²) in [6, 6.07) is -1.29. The van der Waals surface area contributed by atoms with Crippen molar-refractivity contribution in [1.82, 2.24) is 0 Å². The molecular weight excluding hydrogens is 244 g/mol. The van der Waals surface area contributed by atoms with Crippen molar-refractivity contribution < 1.29 is 32.8 Å². The number of hydrogen-bond donors (Lipinski definition) is 5. The Kier molecular flexibility index (Phi) is 8.57. The minimum atomic E-state index is -3.80. The molecule has 0 fully saturated rings. The van der Waals surface area contributed by atoms with Crippen molar-refractivity contribution in [2.75, 3.05) is 12.3 Å². The van der Waals surface area contributed by atoms with Crippen LogP contribution < -0.4 is 11.5 Å². The fraction of sp³-hybridized carbons (Fsp3) is 0.667. The van der Waals surface area contributed by atoms with Crippen LogP contribution in [-0.4, -0.2) is 53.5 Å². The van der Waals surface area contributed by atoms with Crippen molar-refractivity contribution in [2.24, 2.45) is 11.5 Å². The highest BCUT2D eigenvalue weighted by Crippen LogP contribution is 1.86. The molecule has 0 saturated carbocycles. The monoisotopic (exact) mass is 258 g/mol. The average Bonchev–Trinajstić information content (AvgIpc) is 2.01. The second-order valence-electron chi connectivity index (χ2n) is 2.62. The molecule has 0 rings (SSSR count). The highest BCUT2D eigenvalue weighted by molar-refractivity contribution is 7.85. The molecule has 7 N–H and O–H groups in total. The van der Waals surface area contributed by atoms with Gasteiger partial charge >= 0.3 is 11.9 Å². The molecule has 0 aliphatic rings. The summed E-state index contributed by atoms with van der Waals surface area (Å²) in [5, 5.41) is 16.0. The molecule has 0 heterocycles. The van der Waals surface area contributed by atoms with Gasteiger partial charge in [-0.25, -0.2) is 0 Å². The van der Waals surface area contributed by atoms with Crippen LogP contribution in [0.15, 0.2) is 0 Å². The first-order valence-corrected chi connectivity index (χ1v) is 5.56. The summed E-state index contributed by atoms with van der Waals surface area (Å²) in [5.41, 5.74) is 9.61. The van der Waals surface area contributed by atoms with Gasteiger partial charge in [-0.3, -0.25) is 14.1 Å². The molecule has 0 aliphatic heterocycles. The lowest BCUT2D eigenvalue weighted by Crippen LogP contribution is -2.32. The second kappa shape index (κ2) is 7.98. The number of carboxylic acid groups (broad SMARTS) is 2. The van der Waals surface area contributed by atoms with E-state index in [0.29, 0.717) is 0 Å². The van der Waals surface area contributed by atoms with Crippen LogP contribution in [0.5, 0.6) is 0 Å². The van der Waals surface area contributed by atoms with E-state index in [1.165, 1.54) is 0 Å². The van der Waals surface area contributed by atoms with Crippen molar-refractivity contribution in [3.63, 3.8) is 0 Å². The molecule has 0 aliphatic carbocycles. The molecule has 0 aromatic rings. The molecule has 0 aromatic carbocycles. The van der Waals surface area contributed by atoms with E-state index < -0.39 is 34.5 Å². The van der Waals surface area contributed by atoms with Gasteiger partial charge in [0, 0.05) is 6.54 Å². The van der Waals surface area contributed by atoms with E-state index in [0.717, 1.165) is 0 Å². The predicted octanol–water partition coefficient (Wildman–Crippen LogP) is -2.29. The Morgan fingerprint density at radius 2 is 1.69 bits per heavy atom. The zero-order valence-corrected chi connectivity index (χ0v) is 9.05. The van der Waals surface area contributed by atoms with Crippen LogP contribution in [0.2, 0.25) is 0 Å². The third kappa shape index (κ3) is 15.3. The van der Waals surface area contributed by atoms with Gasteiger partial charge in [0.1, 0.15) is 6.04 Å². The number of carboxylic acids is 2. The van der Waals surface area contributed by atoms with E-state index in [4.69, 9.17) is 26.2 Å². The number of nitrogens with two attached hydrogens (primary N) is 2. The van der Waals surface area contributed by atoms with Gasteiger partial charge in [-0.1, -0.05) is 0 Å². The van der Waals surface area contributed by atoms with E-state index in [1.807, 2.05) is 0 Å². The van der Waals surface area contributed by atoms with E-state index in [9.17, 15) is 18.0 Å². The fourth-order valence-electron chi connectivity index (χ4n) is 0.424. The summed E-state index contributed by atoms with van der Waals surface area (Å²) in [6.07, 6.45) is -0.532. The Balaban J connectivity index is 0. The van der Waals surface area contributed by atoms with Gasteiger partial charge in [0.15, 0.2) is 0 Å². The highest BCUT2D eigenvalue weighted by atomic mass is 32.2. The fourth-order valence-corrected chi connectivity index (χ4v) is 0.722. The Morgan fingerprint density at radius 1 is 1.25 bits per heavy atom. The largest absolute Gasteiger partial charge is 0.481 e. The molecule has 0 spiro atoms. The molecule has 1 atom stereocenters. The molecule has 0 bridgehead atoms. The first kappa shape index (κ1) is 17.2. The minimum absolute atomic E-state index is 0.0289. The maximum absolute atomic E-state index is 9.85. The van der Waals surface area contributed by atoms with Gasteiger partial charge in [0.2, 0.25) is 0 Å². The van der Waals surface area contributed by atoms with Crippen LogP contribution in [0.25, 0.3) is 0 Å². The molecule has 0 amide bonds. The molecule has 9 nitrogen and oxygen atoms in total. The standard InChI is InChI=1S/C4H7NO4.C2H7NO3S/c5-2(4(8)9)1-3(6)7;3-1-2-7(4,5)6/h2H,1,5H2,(H,6,7)(H,8,9);1-3H2,(H,4,5,6). The molecule has 1 unspecified atom stereocenters.